The number of thiophene rings is 1. The smallest absolute Gasteiger partial charge is 0.348 e. The molecule has 0 saturated heterocycles. The van der Waals surface area contributed by atoms with Gasteiger partial charge >= 0.3 is 5.97 Å². The van der Waals surface area contributed by atoms with Crippen molar-refractivity contribution in [3.8, 4) is 0 Å². The standard InChI is InChI=1S/C17H18N2O4S/c1-3-13-11(2)9-14(24-13)17(22)23-10-15(20)18-19-16(21)12-7-5-4-6-8-12/h4-9H,3,10H2,1-2H3,(H,18,20)(H,19,21). The topological polar surface area (TPSA) is 84.5 Å². The molecular weight excluding hydrogens is 328 g/mol. The van der Waals surface area contributed by atoms with Crippen molar-refractivity contribution in [2.75, 3.05) is 6.61 Å². The monoisotopic (exact) mass is 346 g/mol. The lowest BCUT2D eigenvalue weighted by Gasteiger charge is -2.07. The van der Waals surface area contributed by atoms with E-state index in [0.29, 0.717) is 10.4 Å². The van der Waals surface area contributed by atoms with Gasteiger partial charge in [-0.15, -0.1) is 11.3 Å². The van der Waals surface area contributed by atoms with Crippen LogP contribution in [0.25, 0.3) is 0 Å². The zero-order chi connectivity index (χ0) is 17.5. The van der Waals surface area contributed by atoms with Gasteiger partial charge in [0.2, 0.25) is 0 Å². The number of benzene rings is 1. The molecule has 1 heterocycles. The van der Waals surface area contributed by atoms with E-state index in [-0.39, 0.29) is 0 Å². The Morgan fingerprint density at radius 2 is 1.83 bits per heavy atom. The summed E-state index contributed by atoms with van der Waals surface area (Å²) in [5, 5.41) is 0. The van der Waals surface area contributed by atoms with Crippen LogP contribution in [0.5, 0.6) is 0 Å². The second-order valence-corrected chi connectivity index (χ2v) is 6.15. The molecule has 0 fully saturated rings. The third-order valence-electron chi connectivity index (χ3n) is 3.23. The van der Waals surface area contributed by atoms with Crippen LogP contribution in [0.1, 0.15) is 37.4 Å². The fourth-order valence-electron chi connectivity index (χ4n) is 2.00. The van der Waals surface area contributed by atoms with E-state index in [2.05, 4.69) is 10.9 Å². The normalized spacial score (nSPS) is 10.1. The van der Waals surface area contributed by atoms with Crippen molar-refractivity contribution in [1.29, 1.82) is 0 Å². The summed E-state index contributed by atoms with van der Waals surface area (Å²) in [4.78, 5) is 36.9. The fourth-order valence-corrected chi connectivity index (χ4v) is 3.01. The fraction of sp³-hybridized carbons (Fsp3) is 0.235. The Morgan fingerprint density at radius 1 is 1.12 bits per heavy atom. The second-order valence-electron chi connectivity index (χ2n) is 5.01. The zero-order valence-electron chi connectivity index (χ0n) is 13.4. The van der Waals surface area contributed by atoms with Crippen molar-refractivity contribution in [3.63, 3.8) is 0 Å². The molecule has 0 atom stereocenters. The van der Waals surface area contributed by atoms with Crippen LogP contribution in [0.15, 0.2) is 36.4 Å². The molecule has 2 N–H and O–H groups in total. The number of carbonyl (C=O) groups is 3. The average Bonchev–Trinajstić information content (AvgIpc) is 2.99. The molecule has 0 saturated carbocycles. The van der Waals surface area contributed by atoms with Gasteiger partial charge in [0.25, 0.3) is 11.8 Å². The Balaban J connectivity index is 1.78. The van der Waals surface area contributed by atoms with E-state index < -0.39 is 24.4 Å². The van der Waals surface area contributed by atoms with Gasteiger partial charge in [0.1, 0.15) is 4.88 Å². The lowest BCUT2D eigenvalue weighted by molar-refractivity contribution is -0.125. The average molecular weight is 346 g/mol. The van der Waals surface area contributed by atoms with E-state index in [9.17, 15) is 14.4 Å². The van der Waals surface area contributed by atoms with E-state index in [1.54, 1.807) is 36.4 Å². The molecule has 126 valence electrons. The maximum Gasteiger partial charge on any atom is 0.348 e. The number of amides is 2. The largest absolute Gasteiger partial charge is 0.451 e. The molecule has 7 heteroatoms. The summed E-state index contributed by atoms with van der Waals surface area (Å²) in [6, 6.07) is 10.2. The predicted octanol–water partition coefficient (Wildman–Crippen LogP) is 2.24. The Labute approximate surface area is 143 Å². The minimum atomic E-state index is -0.614. The molecule has 0 spiro atoms. The van der Waals surface area contributed by atoms with Gasteiger partial charge in [-0.25, -0.2) is 4.79 Å². The first-order valence-electron chi connectivity index (χ1n) is 7.42. The van der Waals surface area contributed by atoms with Crippen LogP contribution in [0, 0.1) is 6.92 Å². The molecule has 2 aromatic rings. The first-order chi connectivity index (χ1) is 11.5. The van der Waals surface area contributed by atoms with Gasteiger partial charge in [-0.1, -0.05) is 25.1 Å². The molecule has 0 unspecified atom stereocenters. The van der Waals surface area contributed by atoms with E-state index in [4.69, 9.17) is 4.74 Å². The number of hydrazine groups is 1. The summed E-state index contributed by atoms with van der Waals surface area (Å²) in [6.45, 7) is 3.47. The summed E-state index contributed by atoms with van der Waals surface area (Å²) in [5.41, 5.74) is 5.91. The molecular formula is C17H18N2O4S. The van der Waals surface area contributed by atoms with E-state index in [1.165, 1.54) is 11.3 Å². The molecule has 2 amide bonds. The van der Waals surface area contributed by atoms with Gasteiger partial charge in [0.05, 0.1) is 0 Å². The molecule has 0 aliphatic carbocycles. The summed E-state index contributed by atoms with van der Waals surface area (Å²) >= 11 is 1.36. The third-order valence-corrected chi connectivity index (χ3v) is 4.59. The Kier molecular flexibility index (Phi) is 6.08. The molecule has 6 nitrogen and oxygen atoms in total. The van der Waals surface area contributed by atoms with Gasteiger partial charge in [-0.3, -0.25) is 20.4 Å². The molecule has 0 aliphatic heterocycles. The quantitative estimate of drug-likeness (QED) is 0.642. The van der Waals surface area contributed by atoms with Crippen molar-refractivity contribution in [1.82, 2.24) is 10.9 Å². The lowest BCUT2D eigenvalue weighted by Crippen LogP contribution is -2.43. The van der Waals surface area contributed by atoms with E-state index in [0.717, 1.165) is 16.9 Å². The molecule has 0 bridgehead atoms. The predicted molar refractivity (Wildman–Crippen MR) is 90.8 cm³/mol. The molecule has 0 aliphatic rings. The summed E-state index contributed by atoms with van der Waals surface area (Å²) < 4.78 is 4.95. The maximum absolute atomic E-state index is 11.9. The Bertz CT molecular complexity index is 740. The van der Waals surface area contributed by atoms with Crippen molar-refractivity contribution < 1.29 is 19.1 Å². The first kappa shape index (κ1) is 17.7. The van der Waals surface area contributed by atoms with Crippen molar-refractivity contribution in [2.24, 2.45) is 0 Å². The molecule has 1 aromatic carbocycles. The van der Waals surface area contributed by atoms with Crippen LogP contribution in [0.3, 0.4) is 0 Å². The van der Waals surface area contributed by atoms with E-state index >= 15 is 0 Å². The third kappa shape index (κ3) is 4.66. The highest BCUT2D eigenvalue weighted by Gasteiger charge is 2.15. The highest BCUT2D eigenvalue weighted by atomic mass is 32.1. The van der Waals surface area contributed by atoms with Crippen molar-refractivity contribution >= 4 is 29.1 Å². The van der Waals surface area contributed by atoms with Crippen LogP contribution < -0.4 is 10.9 Å². The number of esters is 1. The van der Waals surface area contributed by atoms with Crippen LogP contribution >= 0.6 is 11.3 Å². The highest BCUT2D eigenvalue weighted by molar-refractivity contribution is 7.14. The van der Waals surface area contributed by atoms with Crippen LogP contribution in [-0.4, -0.2) is 24.4 Å². The Hall–Kier alpha value is -2.67. The maximum atomic E-state index is 11.9. The summed E-state index contributed by atoms with van der Waals surface area (Å²) in [6.07, 6.45) is 0.843. The number of rotatable bonds is 5. The van der Waals surface area contributed by atoms with Crippen molar-refractivity contribution in [3.05, 3.63) is 57.3 Å². The number of aryl methyl sites for hydroxylation is 2. The Morgan fingerprint density at radius 3 is 2.46 bits per heavy atom. The molecule has 0 radical (unpaired) electrons. The van der Waals surface area contributed by atoms with Gasteiger partial charge in [-0.2, -0.15) is 0 Å². The van der Waals surface area contributed by atoms with Gasteiger partial charge in [-0.05, 0) is 37.1 Å². The van der Waals surface area contributed by atoms with E-state index in [1.807, 2.05) is 13.8 Å². The van der Waals surface area contributed by atoms with Gasteiger partial charge < -0.3 is 4.74 Å². The molecule has 24 heavy (non-hydrogen) atoms. The van der Waals surface area contributed by atoms with Gasteiger partial charge in [0.15, 0.2) is 6.61 Å². The number of hydrogen-bond acceptors (Lipinski definition) is 5. The minimum absolute atomic E-state index is 0.413. The van der Waals surface area contributed by atoms with Gasteiger partial charge in [0, 0.05) is 10.4 Å². The van der Waals surface area contributed by atoms with Crippen LogP contribution in [-0.2, 0) is 16.0 Å². The number of ether oxygens (including phenoxy) is 1. The molecule has 1 aromatic heterocycles. The zero-order valence-corrected chi connectivity index (χ0v) is 14.2. The van der Waals surface area contributed by atoms with Crippen molar-refractivity contribution in [2.45, 2.75) is 20.3 Å². The molecule has 2 rings (SSSR count). The number of carbonyl (C=O) groups excluding carboxylic acids is 3. The van der Waals surface area contributed by atoms with Crippen LogP contribution in [0.2, 0.25) is 0 Å². The number of hydrogen-bond donors (Lipinski definition) is 2. The summed E-state index contributed by atoms with van der Waals surface area (Å²) in [7, 11) is 0. The second kappa shape index (κ2) is 8.26. The number of nitrogens with one attached hydrogen (secondary N) is 2. The lowest BCUT2D eigenvalue weighted by atomic mass is 10.2. The summed E-state index contributed by atoms with van der Waals surface area (Å²) in [5.74, 6) is -1.61. The first-order valence-corrected chi connectivity index (χ1v) is 8.23. The van der Waals surface area contributed by atoms with Crippen LogP contribution in [0.4, 0.5) is 0 Å². The minimum Gasteiger partial charge on any atom is -0.451 e. The SMILES string of the molecule is CCc1sc(C(=O)OCC(=O)NNC(=O)c2ccccc2)cc1C. The highest BCUT2D eigenvalue weighted by Crippen LogP contribution is 2.22.